The Morgan fingerprint density at radius 3 is 2.23 bits per heavy atom. The Morgan fingerprint density at radius 1 is 1.07 bits per heavy atom. The number of ether oxygens (including phenoxy) is 2. The van der Waals surface area contributed by atoms with Crippen LogP contribution in [-0.4, -0.2) is 44.3 Å². The third-order valence-electron chi connectivity index (χ3n) is 5.46. The van der Waals surface area contributed by atoms with Crippen LogP contribution >= 0.6 is 22.6 Å². The van der Waals surface area contributed by atoms with Gasteiger partial charge >= 0.3 is 0 Å². The second-order valence-corrected chi connectivity index (χ2v) is 15.1. The van der Waals surface area contributed by atoms with Gasteiger partial charge in [-0.15, -0.1) is 0 Å². The number of rotatable bonds is 9. The molecule has 6 heteroatoms. The minimum Gasteiger partial charge on any atom is -0.502 e. The van der Waals surface area contributed by atoms with Crippen molar-refractivity contribution in [1.82, 2.24) is 0 Å². The van der Waals surface area contributed by atoms with E-state index in [0.717, 1.165) is 57.7 Å². The van der Waals surface area contributed by atoms with Crippen LogP contribution in [0.2, 0.25) is 18.1 Å². The van der Waals surface area contributed by atoms with Gasteiger partial charge in [-0.05, 0) is 86.1 Å². The number of hydrogen-bond acceptors (Lipinski definition) is 4. The molecule has 0 bridgehead atoms. The first-order chi connectivity index (χ1) is 14.2. The topological polar surface area (TPSA) is 47.9 Å². The number of allylic oxidation sites excluding steroid dienone is 3. The second-order valence-electron chi connectivity index (χ2n) is 9.23. The van der Waals surface area contributed by atoms with E-state index in [2.05, 4.69) is 62.5 Å². The summed E-state index contributed by atoms with van der Waals surface area (Å²) in [4.78, 5) is 0. The van der Waals surface area contributed by atoms with Crippen LogP contribution < -0.4 is 0 Å². The molecule has 0 aromatic carbocycles. The van der Waals surface area contributed by atoms with Crippen LogP contribution in [-0.2, 0) is 13.9 Å². The SMILES string of the molecule is C1=COCCC1.CC(C)(C)[Si](C)(C)OCCCCI.OCCCCC1=CCCCO1. The van der Waals surface area contributed by atoms with E-state index in [4.69, 9.17) is 19.0 Å². The summed E-state index contributed by atoms with van der Waals surface area (Å²) in [6, 6.07) is 0. The number of halogens is 1. The van der Waals surface area contributed by atoms with Gasteiger partial charge in [-0.1, -0.05) is 43.4 Å². The van der Waals surface area contributed by atoms with Crippen LogP contribution in [0.1, 0.15) is 78.6 Å². The first-order valence-corrected chi connectivity index (χ1v) is 16.1. The molecule has 1 N–H and O–H groups in total. The highest BCUT2D eigenvalue weighted by Crippen LogP contribution is 2.36. The van der Waals surface area contributed by atoms with Gasteiger partial charge < -0.3 is 19.0 Å². The highest BCUT2D eigenvalue weighted by Gasteiger charge is 2.36. The molecule has 0 saturated carbocycles. The lowest BCUT2D eigenvalue weighted by molar-refractivity contribution is 0.180. The standard InChI is InChI=1S/C10H23IOSi.C9H16O2.C5H8O/c1-10(2,3)13(4,5)12-9-7-6-8-11;10-7-3-1-5-9-6-2-4-8-11-9;1-2-4-6-5-3-1/h6-9H2,1-5H3;6,10H,1-5,7-8H2;2,4H,1,3,5H2. The smallest absolute Gasteiger partial charge is 0.191 e. The van der Waals surface area contributed by atoms with E-state index in [0.29, 0.717) is 11.6 Å². The van der Waals surface area contributed by atoms with Crippen LogP contribution in [0.15, 0.2) is 24.2 Å². The van der Waals surface area contributed by atoms with E-state index in [1.807, 2.05) is 6.08 Å². The monoisotopic (exact) mass is 554 g/mol. The van der Waals surface area contributed by atoms with Gasteiger partial charge in [-0.2, -0.15) is 0 Å². The molecule has 30 heavy (non-hydrogen) atoms. The maximum atomic E-state index is 8.54. The van der Waals surface area contributed by atoms with Crippen LogP contribution in [0.3, 0.4) is 0 Å². The molecular formula is C24H47IO4Si. The fourth-order valence-corrected chi connectivity index (χ4v) is 4.05. The number of unbranched alkanes of at least 4 members (excludes halogenated alkanes) is 2. The molecule has 0 aromatic rings. The minimum atomic E-state index is -1.46. The number of aliphatic hydroxyl groups excluding tert-OH is 1. The Bertz CT molecular complexity index is 451. The summed E-state index contributed by atoms with van der Waals surface area (Å²) in [7, 11) is -1.46. The van der Waals surface area contributed by atoms with Crippen molar-refractivity contribution in [3.8, 4) is 0 Å². The first-order valence-electron chi connectivity index (χ1n) is 11.6. The summed E-state index contributed by atoms with van der Waals surface area (Å²) in [6.07, 6.45) is 16.1. The summed E-state index contributed by atoms with van der Waals surface area (Å²) in [5.41, 5.74) is 0. The van der Waals surface area contributed by atoms with E-state index in [1.54, 1.807) is 6.26 Å². The molecule has 0 saturated heterocycles. The number of alkyl halides is 1. The lowest BCUT2D eigenvalue weighted by Crippen LogP contribution is -2.40. The molecule has 4 nitrogen and oxygen atoms in total. The zero-order chi connectivity index (χ0) is 22.7. The molecule has 2 heterocycles. The Hall–Kier alpha value is -0.0531. The van der Waals surface area contributed by atoms with E-state index >= 15 is 0 Å². The van der Waals surface area contributed by atoms with E-state index in [-0.39, 0.29) is 0 Å². The molecule has 0 amide bonds. The van der Waals surface area contributed by atoms with E-state index in [9.17, 15) is 0 Å². The summed E-state index contributed by atoms with van der Waals surface area (Å²) < 4.78 is 17.6. The van der Waals surface area contributed by atoms with Gasteiger partial charge in [0, 0.05) is 19.6 Å². The quantitative estimate of drug-likeness (QED) is 0.140. The van der Waals surface area contributed by atoms with Gasteiger partial charge in [0.2, 0.25) is 0 Å². The van der Waals surface area contributed by atoms with Crippen LogP contribution in [0, 0.1) is 0 Å². The van der Waals surface area contributed by atoms with Crippen LogP contribution in [0.4, 0.5) is 0 Å². The lowest BCUT2D eigenvalue weighted by atomic mass is 10.1. The molecule has 0 fully saturated rings. The third-order valence-corrected chi connectivity index (χ3v) is 10.8. The van der Waals surface area contributed by atoms with Crippen molar-refractivity contribution in [2.75, 3.05) is 30.9 Å². The van der Waals surface area contributed by atoms with Crippen LogP contribution in [0.25, 0.3) is 0 Å². The minimum absolute atomic E-state index is 0.299. The normalized spacial score (nSPS) is 16.2. The molecular weight excluding hydrogens is 507 g/mol. The lowest BCUT2D eigenvalue weighted by Gasteiger charge is -2.36. The Kier molecular flexibility index (Phi) is 18.5. The van der Waals surface area contributed by atoms with Crippen LogP contribution in [0.5, 0.6) is 0 Å². The maximum absolute atomic E-state index is 8.54. The zero-order valence-electron chi connectivity index (χ0n) is 20.2. The van der Waals surface area contributed by atoms with E-state index in [1.165, 1.54) is 30.1 Å². The Morgan fingerprint density at radius 2 is 1.80 bits per heavy atom. The fourth-order valence-electron chi connectivity index (χ4n) is 2.42. The third kappa shape index (κ3) is 16.6. The molecule has 2 aliphatic heterocycles. The average molecular weight is 555 g/mol. The molecule has 2 rings (SSSR count). The maximum Gasteiger partial charge on any atom is 0.191 e. The van der Waals surface area contributed by atoms with Gasteiger partial charge in [0.1, 0.15) is 0 Å². The van der Waals surface area contributed by atoms with Gasteiger partial charge in [-0.3, -0.25) is 0 Å². The van der Waals surface area contributed by atoms with Crippen molar-refractivity contribution in [2.24, 2.45) is 0 Å². The fraction of sp³-hybridized carbons (Fsp3) is 0.833. The summed E-state index contributed by atoms with van der Waals surface area (Å²) in [6.45, 7) is 14.6. The molecule has 0 radical (unpaired) electrons. The van der Waals surface area contributed by atoms with Crippen molar-refractivity contribution in [3.63, 3.8) is 0 Å². The molecule has 0 aromatic heterocycles. The van der Waals surface area contributed by atoms with Crippen molar-refractivity contribution < 1.29 is 19.0 Å². The molecule has 0 atom stereocenters. The van der Waals surface area contributed by atoms with E-state index < -0.39 is 8.32 Å². The highest BCUT2D eigenvalue weighted by molar-refractivity contribution is 14.1. The predicted molar refractivity (Wildman–Crippen MR) is 140 cm³/mol. The van der Waals surface area contributed by atoms with Crippen molar-refractivity contribution in [2.45, 2.75) is 96.7 Å². The summed E-state index contributed by atoms with van der Waals surface area (Å²) in [5, 5.41) is 8.89. The van der Waals surface area contributed by atoms with Gasteiger partial charge in [0.15, 0.2) is 8.32 Å². The Balaban J connectivity index is 0.000000445. The molecule has 0 aliphatic carbocycles. The first kappa shape index (κ1) is 29.9. The summed E-state index contributed by atoms with van der Waals surface area (Å²) in [5.74, 6) is 1.13. The van der Waals surface area contributed by atoms with Crippen molar-refractivity contribution >= 4 is 30.9 Å². The predicted octanol–water partition coefficient (Wildman–Crippen LogP) is 7.38. The molecule has 2 aliphatic rings. The van der Waals surface area contributed by atoms with Gasteiger partial charge in [0.05, 0.1) is 25.2 Å². The van der Waals surface area contributed by atoms with Gasteiger partial charge in [0.25, 0.3) is 0 Å². The molecule has 0 unspecified atom stereocenters. The van der Waals surface area contributed by atoms with Crippen molar-refractivity contribution in [1.29, 1.82) is 0 Å². The van der Waals surface area contributed by atoms with Crippen molar-refractivity contribution in [3.05, 3.63) is 24.2 Å². The largest absolute Gasteiger partial charge is 0.502 e. The zero-order valence-corrected chi connectivity index (χ0v) is 23.3. The van der Waals surface area contributed by atoms with Gasteiger partial charge in [-0.25, -0.2) is 0 Å². The number of aliphatic hydroxyl groups is 1. The molecule has 0 spiro atoms. The highest BCUT2D eigenvalue weighted by atomic mass is 127. The Labute approximate surface area is 201 Å². The number of hydrogen-bond donors (Lipinski definition) is 1. The second kappa shape index (κ2) is 18.5. The average Bonchev–Trinajstić information content (AvgIpc) is 2.74. The summed E-state index contributed by atoms with van der Waals surface area (Å²) >= 11 is 2.42. The molecule has 178 valence electrons.